The molecule has 0 heterocycles. The van der Waals surface area contributed by atoms with Crippen LogP contribution in [0.4, 0.5) is 0 Å². The molecule has 0 saturated heterocycles. The Labute approximate surface area is 71.0 Å². The Kier molecular flexibility index (Phi) is 2.60. The number of rotatable bonds is 0. The first kappa shape index (κ1) is 8.21. The molecule has 0 bridgehead atoms. The van der Waals surface area contributed by atoms with Gasteiger partial charge >= 0.3 is 0 Å². The van der Waals surface area contributed by atoms with Gasteiger partial charge in [-0.2, -0.15) is 0 Å². The van der Waals surface area contributed by atoms with Gasteiger partial charge in [0.2, 0.25) is 0 Å². The van der Waals surface area contributed by atoms with E-state index in [2.05, 4.69) is 9.98 Å². The maximum Gasteiger partial charge on any atom is 0.0837 e. The lowest BCUT2D eigenvalue weighted by Gasteiger charge is -2.04. The molecule has 0 spiro atoms. The van der Waals surface area contributed by atoms with Gasteiger partial charge in [0, 0.05) is 19.1 Å². The molecule has 0 aromatic carbocycles. The number of nitrogens with zero attached hydrogens (tertiary/aromatic N) is 2. The van der Waals surface area contributed by atoms with Crippen molar-refractivity contribution in [3.05, 3.63) is 23.3 Å². The summed E-state index contributed by atoms with van der Waals surface area (Å²) in [5.74, 6) is 0. The Balaban J connectivity index is 3.03. The van der Waals surface area contributed by atoms with Crippen LogP contribution in [0.1, 0.15) is 0 Å². The highest BCUT2D eigenvalue weighted by Gasteiger charge is 2.06. The Morgan fingerprint density at radius 3 is 2.27 bits per heavy atom. The number of allylic oxidation sites excluding steroid dienone is 4. The second-order valence-corrected chi connectivity index (χ2v) is 2.52. The van der Waals surface area contributed by atoms with Crippen molar-refractivity contribution in [2.45, 2.75) is 0 Å². The largest absolute Gasteiger partial charge is 0.286 e. The molecular weight excluding hydrogens is 160 g/mol. The molecule has 58 valence electrons. The Hall–Kier alpha value is -0.890. The predicted octanol–water partition coefficient (Wildman–Crippen LogP) is 1.82. The van der Waals surface area contributed by atoms with Crippen LogP contribution in [0.5, 0.6) is 0 Å². The van der Waals surface area contributed by atoms with Gasteiger partial charge in [0.1, 0.15) is 0 Å². The second-order valence-electron chi connectivity index (χ2n) is 2.08. The van der Waals surface area contributed by atoms with E-state index in [0.717, 1.165) is 11.4 Å². The van der Waals surface area contributed by atoms with Crippen LogP contribution in [-0.2, 0) is 0 Å². The monoisotopic (exact) mass is 168 g/mol. The fraction of sp³-hybridized carbons (Fsp3) is 0.250. The summed E-state index contributed by atoms with van der Waals surface area (Å²) in [5, 5.41) is 0.693. The molecule has 0 saturated carbocycles. The van der Waals surface area contributed by atoms with Crippen LogP contribution in [0.3, 0.4) is 0 Å². The van der Waals surface area contributed by atoms with E-state index in [1.165, 1.54) is 0 Å². The van der Waals surface area contributed by atoms with E-state index in [1.54, 1.807) is 26.2 Å². The smallest absolute Gasteiger partial charge is 0.0837 e. The fourth-order valence-corrected chi connectivity index (χ4v) is 1.03. The Bertz CT molecular complexity index is 272. The first-order valence-electron chi connectivity index (χ1n) is 3.27. The molecule has 0 N–H and O–H groups in total. The predicted molar refractivity (Wildman–Crippen MR) is 49.8 cm³/mol. The van der Waals surface area contributed by atoms with Crippen LogP contribution in [0.15, 0.2) is 33.2 Å². The summed E-state index contributed by atoms with van der Waals surface area (Å²) < 4.78 is 0. The van der Waals surface area contributed by atoms with Crippen molar-refractivity contribution >= 4 is 23.0 Å². The van der Waals surface area contributed by atoms with Gasteiger partial charge in [0.25, 0.3) is 0 Å². The van der Waals surface area contributed by atoms with E-state index in [9.17, 15) is 0 Å². The second kappa shape index (κ2) is 3.49. The van der Waals surface area contributed by atoms with Crippen molar-refractivity contribution in [3.63, 3.8) is 0 Å². The quantitative estimate of drug-likeness (QED) is 0.493. The molecule has 1 rings (SSSR count). The van der Waals surface area contributed by atoms with Crippen molar-refractivity contribution in [3.8, 4) is 0 Å². The molecule has 11 heavy (non-hydrogen) atoms. The third kappa shape index (κ3) is 1.77. The maximum absolute atomic E-state index is 5.75. The SMILES string of the molecule is CN=C1C=CC(Cl)=CC1=NC. The summed E-state index contributed by atoms with van der Waals surface area (Å²) in [7, 11) is 3.46. The normalized spacial score (nSPS) is 24.5. The van der Waals surface area contributed by atoms with Gasteiger partial charge in [-0.1, -0.05) is 11.6 Å². The van der Waals surface area contributed by atoms with Gasteiger partial charge < -0.3 is 0 Å². The topological polar surface area (TPSA) is 24.7 Å². The van der Waals surface area contributed by atoms with Gasteiger partial charge in [-0.3, -0.25) is 9.98 Å². The van der Waals surface area contributed by atoms with Crippen molar-refractivity contribution < 1.29 is 0 Å². The van der Waals surface area contributed by atoms with Crippen LogP contribution < -0.4 is 0 Å². The van der Waals surface area contributed by atoms with Gasteiger partial charge in [-0.05, 0) is 18.2 Å². The third-order valence-corrected chi connectivity index (χ3v) is 1.65. The summed E-state index contributed by atoms with van der Waals surface area (Å²) in [6, 6.07) is 0. The average Bonchev–Trinajstić information content (AvgIpc) is 2.04. The lowest BCUT2D eigenvalue weighted by Crippen LogP contribution is -2.11. The van der Waals surface area contributed by atoms with Crippen molar-refractivity contribution in [1.82, 2.24) is 0 Å². The lowest BCUT2D eigenvalue weighted by atomic mass is 10.1. The standard InChI is InChI=1S/C8H9ClN2/c1-10-7-4-3-6(9)5-8(7)11-2/h3-5H,1-2H3. The lowest BCUT2D eigenvalue weighted by molar-refractivity contribution is 1.42. The number of halogens is 1. The molecule has 2 nitrogen and oxygen atoms in total. The van der Waals surface area contributed by atoms with Gasteiger partial charge in [-0.25, -0.2) is 0 Å². The van der Waals surface area contributed by atoms with Crippen molar-refractivity contribution in [2.24, 2.45) is 9.98 Å². The van der Waals surface area contributed by atoms with Crippen LogP contribution in [0.25, 0.3) is 0 Å². The minimum atomic E-state index is 0.693. The average molecular weight is 169 g/mol. The molecule has 0 atom stereocenters. The minimum absolute atomic E-state index is 0.693. The summed E-state index contributed by atoms with van der Waals surface area (Å²) >= 11 is 5.75. The Morgan fingerprint density at radius 1 is 1.09 bits per heavy atom. The molecule has 0 unspecified atom stereocenters. The molecule has 0 aliphatic heterocycles. The molecule has 0 amide bonds. The van der Waals surface area contributed by atoms with Gasteiger partial charge in [-0.15, -0.1) is 0 Å². The first-order chi connectivity index (χ1) is 5.27. The molecule has 1 aliphatic rings. The van der Waals surface area contributed by atoms with Gasteiger partial charge in [0.15, 0.2) is 0 Å². The van der Waals surface area contributed by atoms with Crippen LogP contribution in [0, 0.1) is 0 Å². The molecule has 0 aromatic rings. The Morgan fingerprint density at radius 2 is 1.73 bits per heavy atom. The molecular formula is C8H9ClN2. The van der Waals surface area contributed by atoms with Crippen molar-refractivity contribution in [1.29, 1.82) is 0 Å². The molecule has 0 aromatic heterocycles. The summed E-state index contributed by atoms with van der Waals surface area (Å²) in [6.07, 6.45) is 5.45. The van der Waals surface area contributed by atoms with Gasteiger partial charge in [0.05, 0.1) is 11.4 Å². The molecule has 3 heteroatoms. The zero-order valence-electron chi connectivity index (χ0n) is 6.50. The number of aliphatic imine (C=N–C) groups is 2. The highest BCUT2D eigenvalue weighted by atomic mass is 35.5. The maximum atomic E-state index is 5.75. The van der Waals surface area contributed by atoms with Crippen LogP contribution >= 0.6 is 11.6 Å². The first-order valence-corrected chi connectivity index (χ1v) is 3.65. The van der Waals surface area contributed by atoms with Crippen LogP contribution in [0.2, 0.25) is 0 Å². The minimum Gasteiger partial charge on any atom is -0.286 e. The zero-order valence-corrected chi connectivity index (χ0v) is 7.26. The number of hydrogen-bond acceptors (Lipinski definition) is 2. The highest BCUT2D eigenvalue weighted by molar-refractivity contribution is 6.53. The molecule has 0 fully saturated rings. The zero-order chi connectivity index (χ0) is 8.27. The molecule has 0 radical (unpaired) electrons. The molecule has 1 aliphatic carbocycles. The van der Waals surface area contributed by atoms with E-state index >= 15 is 0 Å². The third-order valence-electron chi connectivity index (χ3n) is 1.42. The van der Waals surface area contributed by atoms with E-state index in [-0.39, 0.29) is 0 Å². The van der Waals surface area contributed by atoms with Crippen LogP contribution in [-0.4, -0.2) is 25.5 Å². The number of hydrogen-bond donors (Lipinski definition) is 0. The van der Waals surface area contributed by atoms with Crippen molar-refractivity contribution in [2.75, 3.05) is 14.1 Å². The van der Waals surface area contributed by atoms with E-state index < -0.39 is 0 Å². The fourth-order valence-electron chi connectivity index (χ4n) is 0.865. The van der Waals surface area contributed by atoms with E-state index in [0.29, 0.717) is 5.03 Å². The summed E-state index contributed by atoms with van der Waals surface area (Å²) in [6.45, 7) is 0. The van der Waals surface area contributed by atoms with E-state index in [4.69, 9.17) is 11.6 Å². The summed E-state index contributed by atoms with van der Waals surface area (Å²) in [5.41, 5.74) is 1.71. The highest BCUT2D eigenvalue weighted by Crippen LogP contribution is 2.09. The van der Waals surface area contributed by atoms with E-state index in [1.807, 2.05) is 6.08 Å². The summed E-state index contributed by atoms with van der Waals surface area (Å²) in [4.78, 5) is 8.05.